The summed E-state index contributed by atoms with van der Waals surface area (Å²) < 4.78 is 0. The van der Waals surface area contributed by atoms with Gasteiger partial charge in [0.2, 0.25) is 0 Å². The molecule has 2 aliphatic carbocycles. The Balaban J connectivity index is 1.13. The van der Waals surface area contributed by atoms with Crippen LogP contribution in [0.1, 0.15) is 81.1 Å². The summed E-state index contributed by atoms with van der Waals surface area (Å²) in [4.78, 5) is 37.2. The number of hydrogen-bond acceptors (Lipinski definition) is 5. The second kappa shape index (κ2) is 12.8. The minimum absolute atomic E-state index is 0.0321. The number of carbonyl (C=O) groups excluding carboxylic acids is 2. The standard InChI is InChI=1S/C36H40N4O2S/c1-4-24-8-5-9-25(14-13-24)26-15-17-27(18-16-26)35(42)40-21-7-12-32(40)28-10-6-11-29(22-28)34(41)38-36-37-31-20-19-30(39(2)3)23-33(31)43-36/h5-6,8-11,13-18,22,24,30,32H,4,7,12,19-21,23H2,1-3H3,(H,37,38,41). The van der Waals surface area contributed by atoms with Crippen molar-refractivity contribution >= 4 is 33.9 Å². The van der Waals surface area contributed by atoms with Crippen LogP contribution in [-0.4, -0.2) is 53.3 Å². The molecule has 1 N–H and O–H groups in total. The zero-order chi connectivity index (χ0) is 29.9. The fourth-order valence-corrected chi connectivity index (χ4v) is 7.42. The summed E-state index contributed by atoms with van der Waals surface area (Å²) in [6.07, 6.45) is 16.8. The first kappa shape index (κ1) is 29.3. The average Bonchev–Trinajstić information content (AvgIpc) is 3.61. The van der Waals surface area contributed by atoms with Crippen LogP contribution < -0.4 is 5.32 Å². The maximum absolute atomic E-state index is 13.7. The van der Waals surface area contributed by atoms with Crippen LogP contribution in [-0.2, 0) is 12.8 Å². The van der Waals surface area contributed by atoms with Gasteiger partial charge in [0, 0.05) is 28.6 Å². The fourth-order valence-electron chi connectivity index (χ4n) is 6.35. The Kier molecular flexibility index (Phi) is 8.73. The van der Waals surface area contributed by atoms with E-state index in [1.165, 1.54) is 4.88 Å². The van der Waals surface area contributed by atoms with E-state index in [1.807, 2.05) is 53.4 Å². The second-order valence-corrected chi connectivity index (χ2v) is 13.1. The summed E-state index contributed by atoms with van der Waals surface area (Å²) in [6.45, 7) is 2.90. The molecule has 2 heterocycles. The number of carbonyl (C=O) groups is 2. The number of allylic oxidation sites excluding steroid dienone is 6. The lowest BCUT2D eigenvalue weighted by Gasteiger charge is -2.27. The number of likely N-dealkylation sites (N-methyl/N-ethyl adjacent to an activating group) is 1. The van der Waals surface area contributed by atoms with Crippen LogP contribution in [0.3, 0.4) is 0 Å². The lowest BCUT2D eigenvalue weighted by atomic mass is 9.97. The predicted octanol–water partition coefficient (Wildman–Crippen LogP) is 7.33. The molecule has 0 radical (unpaired) electrons. The van der Waals surface area contributed by atoms with Gasteiger partial charge in [-0.25, -0.2) is 4.98 Å². The van der Waals surface area contributed by atoms with Gasteiger partial charge >= 0.3 is 0 Å². The van der Waals surface area contributed by atoms with E-state index < -0.39 is 0 Å². The molecule has 1 aliphatic heterocycles. The molecular formula is C36H40N4O2S. The van der Waals surface area contributed by atoms with Crippen LogP contribution in [0.2, 0.25) is 0 Å². The summed E-state index contributed by atoms with van der Waals surface area (Å²) in [7, 11) is 4.24. The zero-order valence-corrected chi connectivity index (χ0v) is 26.1. The van der Waals surface area contributed by atoms with E-state index in [0.717, 1.165) is 60.9 Å². The van der Waals surface area contributed by atoms with Gasteiger partial charge in [-0.3, -0.25) is 14.9 Å². The Morgan fingerprint density at radius 2 is 1.91 bits per heavy atom. The largest absolute Gasteiger partial charge is 0.332 e. The minimum atomic E-state index is -0.162. The summed E-state index contributed by atoms with van der Waals surface area (Å²) >= 11 is 1.59. The summed E-state index contributed by atoms with van der Waals surface area (Å²) in [5.74, 6) is 0.329. The molecule has 3 aliphatic rings. The SMILES string of the molecule is CCC1C=CC=C(c2ccc(C(=O)N3CCCC3c3cccc(C(=O)Nc4nc5c(s4)CC(N(C)C)CC5)c3)cc2)C=C1. The quantitative estimate of drug-likeness (QED) is 0.312. The minimum Gasteiger partial charge on any atom is -0.332 e. The third-order valence-electron chi connectivity index (χ3n) is 9.01. The van der Waals surface area contributed by atoms with Crippen molar-refractivity contribution in [2.75, 3.05) is 26.0 Å². The molecule has 3 unspecified atom stereocenters. The summed E-state index contributed by atoms with van der Waals surface area (Å²) in [5.41, 5.74) is 5.64. The molecule has 0 saturated carbocycles. The van der Waals surface area contributed by atoms with E-state index in [1.54, 1.807) is 11.3 Å². The van der Waals surface area contributed by atoms with E-state index in [0.29, 0.717) is 34.8 Å². The van der Waals surface area contributed by atoms with Crippen LogP contribution in [0.25, 0.3) is 5.57 Å². The highest BCUT2D eigenvalue weighted by molar-refractivity contribution is 7.15. The molecule has 1 fully saturated rings. The van der Waals surface area contributed by atoms with Gasteiger partial charge < -0.3 is 9.80 Å². The zero-order valence-electron chi connectivity index (χ0n) is 25.3. The van der Waals surface area contributed by atoms with Gasteiger partial charge in [0.25, 0.3) is 11.8 Å². The highest BCUT2D eigenvalue weighted by Crippen LogP contribution is 2.35. The number of hydrogen-bond donors (Lipinski definition) is 1. The normalized spacial score (nSPS) is 21.4. The number of nitrogens with one attached hydrogen (secondary N) is 1. The van der Waals surface area contributed by atoms with Crippen molar-refractivity contribution in [1.29, 1.82) is 0 Å². The highest BCUT2D eigenvalue weighted by atomic mass is 32.1. The van der Waals surface area contributed by atoms with Crippen molar-refractivity contribution in [1.82, 2.24) is 14.8 Å². The van der Waals surface area contributed by atoms with Crippen molar-refractivity contribution in [3.8, 4) is 0 Å². The highest BCUT2D eigenvalue weighted by Gasteiger charge is 2.31. The number of aromatic nitrogens is 1. The van der Waals surface area contributed by atoms with Gasteiger partial charge in [-0.15, -0.1) is 11.3 Å². The lowest BCUT2D eigenvalue weighted by Crippen LogP contribution is -2.32. The van der Waals surface area contributed by atoms with Crippen molar-refractivity contribution < 1.29 is 9.59 Å². The fraction of sp³-hybridized carbons (Fsp3) is 0.361. The van der Waals surface area contributed by atoms with Gasteiger partial charge in [-0.1, -0.05) is 61.6 Å². The maximum Gasteiger partial charge on any atom is 0.257 e. The molecule has 7 heteroatoms. The molecule has 222 valence electrons. The van der Waals surface area contributed by atoms with E-state index in [9.17, 15) is 9.59 Å². The number of likely N-dealkylation sites (tertiary alicyclic amines) is 1. The Hall–Kier alpha value is -3.81. The Bertz CT molecular complexity index is 1580. The summed E-state index contributed by atoms with van der Waals surface area (Å²) in [6, 6.07) is 16.1. The molecule has 1 saturated heterocycles. The molecule has 0 spiro atoms. The van der Waals surface area contributed by atoms with E-state index in [4.69, 9.17) is 4.98 Å². The second-order valence-electron chi connectivity index (χ2n) is 12.0. The monoisotopic (exact) mass is 592 g/mol. The lowest BCUT2D eigenvalue weighted by molar-refractivity contribution is 0.0735. The molecule has 1 aromatic heterocycles. The van der Waals surface area contributed by atoms with Crippen molar-refractivity contribution in [2.45, 2.75) is 57.5 Å². The molecule has 6 nitrogen and oxygen atoms in total. The van der Waals surface area contributed by atoms with E-state index in [-0.39, 0.29) is 17.9 Å². The van der Waals surface area contributed by atoms with Gasteiger partial charge in [-0.2, -0.15) is 0 Å². The molecule has 6 rings (SSSR count). The molecule has 3 atom stereocenters. The van der Waals surface area contributed by atoms with Gasteiger partial charge in [0.15, 0.2) is 5.13 Å². The van der Waals surface area contributed by atoms with Crippen LogP contribution in [0.5, 0.6) is 0 Å². The van der Waals surface area contributed by atoms with Crippen LogP contribution in [0.15, 0.2) is 78.9 Å². The number of anilines is 1. The Morgan fingerprint density at radius 1 is 1.07 bits per heavy atom. The van der Waals surface area contributed by atoms with E-state index in [2.05, 4.69) is 61.6 Å². The molecule has 0 bridgehead atoms. The first-order valence-corrected chi connectivity index (χ1v) is 16.3. The Morgan fingerprint density at radius 3 is 2.70 bits per heavy atom. The number of amides is 2. The molecular weight excluding hydrogens is 552 g/mol. The van der Waals surface area contributed by atoms with E-state index >= 15 is 0 Å². The van der Waals surface area contributed by atoms with Crippen molar-refractivity contribution in [2.24, 2.45) is 5.92 Å². The number of benzene rings is 2. The third kappa shape index (κ3) is 6.43. The van der Waals surface area contributed by atoms with Crippen LogP contribution in [0.4, 0.5) is 5.13 Å². The molecule has 2 amide bonds. The van der Waals surface area contributed by atoms with Crippen LogP contribution >= 0.6 is 11.3 Å². The smallest absolute Gasteiger partial charge is 0.257 e. The van der Waals surface area contributed by atoms with Crippen molar-refractivity contribution in [3.63, 3.8) is 0 Å². The van der Waals surface area contributed by atoms with Crippen molar-refractivity contribution in [3.05, 3.63) is 112 Å². The number of aryl methyl sites for hydroxylation is 1. The number of fused-ring (bicyclic) bond motifs is 1. The first-order chi connectivity index (χ1) is 20.9. The van der Waals surface area contributed by atoms with Gasteiger partial charge in [0.05, 0.1) is 11.7 Å². The topological polar surface area (TPSA) is 65.5 Å². The number of rotatable bonds is 7. The molecule has 43 heavy (non-hydrogen) atoms. The predicted molar refractivity (Wildman–Crippen MR) is 176 cm³/mol. The maximum atomic E-state index is 13.7. The Labute approximate surface area is 258 Å². The number of thiazole rings is 1. The molecule has 3 aromatic rings. The first-order valence-electron chi connectivity index (χ1n) is 15.4. The van der Waals surface area contributed by atoms with Crippen LogP contribution in [0, 0.1) is 5.92 Å². The third-order valence-corrected chi connectivity index (χ3v) is 10.0. The van der Waals surface area contributed by atoms with Gasteiger partial charge in [-0.05, 0) is 99.5 Å². The number of nitrogens with zero attached hydrogens (tertiary/aromatic N) is 3. The van der Waals surface area contributed by atoms with Gasteiger partial charge in [0.1, 0.15) is 0 Å². The average molecular weight is 593 g/mol. The summed E-state index contributed by atoms with van der Waals surface area (Å²) in [5, 5.41) is 3.70. The molecule has 2 aromatic carbocycles.